The van der Waals surface area contributed by atoms with Crippen molar-refractivity contribution in [3.63, 3.8) is 0 Å². The first-order chi connectivity index (χ1) is 19.1. The summed E-state index contributed by atoms with van der Waals surface area (Å²) in [6, 6.07) is 20.3. The Kier molecular flexibility index (Phi) is 9.34. The van der Waals surface area contributed by atoms with Crippen molar-refractivity contribution in [2.24, 2.45) is 5.92 Å². The van der Waals surface area contributed by atoms with Gasteiger partial charge >= 0.3 is 0 Å². The second kappa shape index (κ2) is 12.7. The van der Waals surface area contributed by atoms with Crippen molar-refractivity contribution >= 4 is 21.6 Å². The molecule has 0 saturated heterocycles. The molecular formula is C30H37N3O6S. The summed E-state index contributed by atoms with van der Waals surface area (Å²) in [5, 5.41) is 9.91. The molecule has 0 fully saturated rings. The third kappa shape index (κ3) is 6.75. The first kappa shape index (κ1) is 29.4. The maximum Gasteiger partial charge on any atom is 0.262 e. The molecule has 3 aromatic rings. The van der Waals surface area contributed by atoms with Crippen LogP contribution in [0.3, 0.4) is 0 Å². The van der Waals surface area contributed by atoms with E-state index < -0.39 is 16.1 Å². The van der Waals surface area contributed by atoms with Crippen LogP contribution in [0.25, 0.3) is 0 Å². The lowest BCUT2D eigenvalue weighted by atomic mass is 9.99. The van der Waals surface area contributed by atoms with Crippen molar-refractivity contribution in [3.05, 3.63) is 83.9 Å². The number of fused-ring (bicyclic) bond motifs is 1. The van der Waals surface area contributed by atoms with Crippen LogP contribution in [-0.2, 0) is 16.6 Å². The molecule has 0 bridgehead atoms. The highest BCUT2D eigenvalue weighted by Crippen LogP contribution is 2.36. The summed E-state index contributed by atoms with van der Waals surface area (Å²) in [4.78, 5) is 17.5. The molecule has 0 aromatic heterocycles. The smallest absolute Gasteiger partial charge is 0.262 e. The highest BCUT2D eigenvalue weighted by atomic mass is 32.2. The van der Waals surface area contributed by atoms with Gasteiger partial charge in [-0.3, -0.25) is 14.4 Å². The van der Waals surface area contributed by atoms with Crippen LogP contribution >= 0.6 is 0 Å². The van der Waals surface area contributed by atoms with Crippen molar-refractivity contribution in [2.75, 3.05) is 38.6 Å². The minimum Gasteiger partial charge on any atom is -0.497 e. The highest BCUT2D eigenvalue weighted by molar-refractivity contribution is 7.92. The number of carbonyl (C=O) groups is 1. The predicted molar refractivity (Wildman–Crippen MR) is 154 cm³/mol. The fraction of sp³-hybridized carbons (Fsp3) is 0.367. The average Bonchev–Trinajstić information content (AvgIpc) is 2.95. The maximum absolute atomic E-state index is 13.7. The van der Waals surface area contributed by atoms with E-state index in [0.717, 1.165) is 11.3 Å². The number of rotatable bonds is 10. The van der Waals surface area contributed by atoms with Crippen LogP contribution in [0, 0.1) is 5.92 Å². The van der Waals surface area contributed by atoms with Gasteiger partial charge in [-0.15, -0.1) is 0 Å². The van der Waals surface area contributed by atoms with Crippen LogP contribution < -0.4 is 14.2 Å². The molecule has 0 saturated carbocycles. The van der Waals surface area contributed by atoms with E-state index in [2.05, 4.69) is 9.62 Å². The zero-order valence-corrected chi connectivity index (χ0v) is 24.1. The van der Waals surface area contributed by atoms with Crippen molar-refractivity contribution in [1.29, 1.82) is 0 Å². The van der Waals surface area contributed by atoms with Crippen molar-refractivity contribution < 1.29 is 27.8 Å². The number of sulfonamides is 1. The number of nitrogens with one attached hydrogen (secondary N) is 1. The van der Waals surface area contributed by atoms with E-state index in [1.54, 1.807) is 55.3 Å². The normalized spacial score (nSPS) is 18.4. The fourth-order valence-electron chi connectivity index (χ4n) is 4.76. The molecule has 10 heteroatoms. The standard InChI is InChI=1S/C30H37N3O6S/c1-21-17-33(22(2)20-34)30(35)26-11-8-12-27(31-40(36,37)25-9-6-5-7-10-25)29(26)39-28(21)19-32(3)18-23-13-15-24(38-4)16-14-23/h5-16,21-22,28,31,34H,17-20H2,1-4H3/t21-,22-,28+/m1/s1. The van der Waals surface area contributed by atoms with Gasteiger partial charge in [-0.25, -0.2) is 8.42 Å². The molecule has 0 radical (unpaired) electrons. The number of likely N-dealkylation sites (N-methyl/N-ethyl adjacent to an activating group) is 1. The number of hydrogen-bond donors (Lipinski definition) is 2. The summed E-state index contributed by atoms with van der Waals surface area (Å²) in [6.45, 7) is 5.14. The molecule has 1 aliphatic rings. The lowest BCUT2D eigenvalue weighted by Crippen LogP contribution is -2.49. The van der Waals surface area contributed by atoms with E-state index in [-0.39, 0.29) is 46.4 Å². The van der Waals surface area contributed by atoms with Gasteiger partial charge in [0.15, 0.2) is 5.75 Å². The fourth-order valence-corrected chi connectivity index (χ4v) is 5.84. The predicted octanol–water partition coefficient (Wildman–Crippen LogP) is 3.85. The Bertz CT molecular complexity index is 1400. The number of benzene rings is 3. The van der Waals surface area contributed by atoms with E-state index in [4.69, 9.17) is 9.47 Å². The van der Waals surface area contributed by atoms with Crippen LogP contribution in [0.1, 0.15) is 29.8 Å². The van der Waals surface area contributed by atoms with Crippen molar-refractivity contribution in [3.8, 4) is 11.5 Å². The third-order valence-electron chi connectivity index (χ3n) is 7.09. The largest absolute Gasteiger partial charge is 0.497 e. The van der Waals surface area contributed by atoms with E-state index in [1.807, 2.05) is 38.2 Å². The second-order valence-electron chi connectivity index (χ2n) is 10.3. The van der Waals surface area contributed by atoms with Gasteiger partial charge in [0.05, 0.1) is 35.9 Å². The van der Waals surface area contributed by atoms with Gasteiger partial charge in [0.2, 0.25) is 0 Å². The molecule has 40 heavy (non-hydrogen) atoms. The van der Waals surface area contributed by atoms with Gasteiger partial charge in [-0.2, -0.15) is 0 Å². The van der Waals surface area contributed by atoms with Crippen LogP contribution in [0.4, 0.5) is 5.69 Å². The van der Waals surface area contributed by atoms with E-state index >= 15 is 0 Å². The summed E-state index contributed by atoms with van der Waals surface area (Å²) < 4.78 is 40.8. The minimum atomic E-state index is -3.94. The molecule has 1 aliphatic heterocycles. The zero-order chi connectivity index (χ0) is 28.9. The summed E-state index contributed by atoms with van der Waals surface area (Å²) >= 11 is 0. The average molecular weight is 568 g/mol. The number of aliphatic hydroxyl groups is 1. The lowest BCUT2D eigenvalue weighted by Gasteiger charge is -2.38. The van der Waals surface area contributed by atoms with Gasteiger partial charge in [-0.1, -0.05) is 43.3 Å². The molecule has 3 atom stereocenters. The molecule has 0 spiro atoms. The third-order valence-corrected chi connectivity index (χ3v) is 8.47. The summed E-state index contributed by atoms with van der Waals surface area (Å²) in [5.41, 5.74) is 1.52. The number of carbonyl (C=O) groups excluding carboxylic acids is 1. The Morgan fingerprint density at radius 2 is 1.80 bits per heavy atom. The monoisotopic (exact) mass is 567 g/mol. The molecule has 4 rings (SSSR count). The molecule has 1 amide bonds. The van der Waals surface area contributed by atoms with E-state index in [1.165, 1.54) is 12.1 Å². The molecule has 0 unspecified atom stereocenters. The van der Waals surface area contributed by atoms with Gasteiger partial charge in [-0.05, 0) is 55.9 Å². The number of anilines is 1. The van der Waals surface area contributed by atoms with Gasteiger partial charge in [0.1, 0.15) is 11.9 Å². The van der Waals surface area contributed by atoms with E-state index in [9.17, 15) is 18.3 Å². The Morgan fingerprint density at radius 3 is 2.45 bits per heavy atom. The van der Waals surface area contributed by atoms with Crippen LogP contribution in [0.5, 0.6) is 11.5 Å². The summed E-state index contributed by atoms with van der Waals surface area (Å²) in [6.07, 6.45) is -0.383. The second-order valence-corrected chi connectivity index (χ2v) is 12.0. The number of hydrogen-bond acceptors (Lipinski definition) is 7. The Labute approximate surface area is 236 Å². The summed E-state index contributed by atoms with van der Waals surface area (Å²) in [7, 11) is -0.315. The van der Waals surface area contributed by atoms with Crippen molar-refractivity contribution in [1.82, 2.24) is 9.80 Å². The highest BCUT2D eigenvalue weighted by Gasteiger charge is 2.35. The first-order valence-electron chi connectivity index (χ1n) is 13.2. The topological polar surface area (TPSA) is 108 Å². The molecule has 1 heterocycles. The van der Waals surface area contributed by atoms with Crippen LogP contribution in [-0.4, -0.2) is 75.2 Å². The quantitative estimate of drug-likeness (QED) is 0.383. The zero-order valence-electron chi connectivity index (χ0n) is 23.3. The Hall–Kier alpha value is -3.60. The number of aliphatic hydroxyl groups excluding tert-OH is 1. The molecular weight excluding hydrogens is 530 g/mol. The molecule has 3 aromatic carbocycles. The Balaban J connectivity index is 1.68. The molecule has 214 valence electrons. The SMILES string of the molecule is COc1ccc(CN(C)C[C@@H]2Oc3c(NS(=O)(=O)c4ccccc4)cccc3C(=O)N([C@H](C)CO)C[C@H]2C)cc1. The number of para-hydroxylation sites is 1. The molecule has 0 aliphatic carbocycles. The summed E-state index contributed by atoms with van der Waals surface area (Å²) in [5.74, 6) is 0.516. The van der Waals surface area contributed by atoms with Crippen molar-refractivity contribution in [2.45, 2.75) is 37.4 Å². The number of methoxy groups -OCH3 is 1. The van der Waals surface area contributed by atoms with E-state index in [0.29, 0.717) is 19.6 Å². The van der Waals surface area contributed by atoms with Gasteiger partial charge in [0.25, 0.3) is 15.9 Å². The first-order valence-corrected chi connectivity index (χ1v) is 14.7. The lowest BCUT2D eigenvalue weighted by molar-refractivity contribution is 0.0344. The minimum absolute atomic E-state index is 0.101. The Morgan fingerprint density at radius 1 is 1.10 bits per heavy atom. The molecule has 2 N–H and O–H groups in total. The number of amides is 1. The number of ether oxygens (including phenoxy) is 2. The van der Waals surface area contributed by atoms with Gasteiger partial charge < -0.3 is 19.5 Å². The maximum atomic E-state index is 13.7. The van der Waals surface area contributed by atoms with Crippen LogP contribution in [0.2, 0.25) is 0 Å². The van der Waals surface area contributed by atoms with Gasteiger partial charge in [0, 0.05) is 25.6 Å². The number of nitrogens with zero attached hydrogens (tertiary/aromatic N) is 2. The van der Waals surface area contributed by atoms with Crippen LogP contribution in [0.15, 0.2) is 77.7 Å². The molecule has 9 nitrogen and oxygen atoms in total.